The van der Waals surface area contributed by atoms with Crippen molar-refractivity contribution >= 4 is 60.4 Å². The maximum Gasteiger partial charge on any atom is 0.0547 e. The molecule has 2 heteroatoms. The maximum atomic E-state index is 2.58. The minimum atomic E-state index is -0.0606. The van der Waals surface area contributed by atoms with Crippen LogP contribution in [0.3, 0.4) is 0 Å². The van der Waals surface area contributed by atoms with Crippen LogP contribution >= 0.6 is 0 Å². The van der Waals surface area contributed by atoms with Crippen molar-refractivity contribution in [3.8, 4) is 39.1 Å². The summed E-state index contributed by atoms with van der Waals surface area (Å²) in [6.07, 6.45) is 0. The predicted molar refractivity (Wildman–Crippen MR) is 278 cm³/mol. The fourth-order valence-corrected chi connectivity index (χ4v) is 11.4. The monoisotopic (exact) mass is 836 g/mol. The molecular weight excluding hydrogens is 785 g/mol. The number of benzene rings is 10. The number of hydrogen-bond acceptors (Lipinski definition) is 1. The second-order valence-corrected chi connectivity index (χ2v) is 19.8. The normalized spacial score (nSPS) is 15.0. The molecule has 12 rings (SSSR count). The Hall–Kier alpha value is -7.42. The molecule has 1 heterocycles. The highest BCUT2D eigenvalue weighted by molar-refractivity contribution is 6.34. The smallest absolute Gasteiger partial charge is 0.0547 e. The largest absolute Gasteiger partial charge is 0.311 e. The highest BCUT2D eigenvalue weighted by Crippen LogP contribution is 2.62. The third-order valence-corrected chi connectivity index (χ3v) is 16.1. The lowest BCUT2D eigenvalue weighted by Crippen LogP contribution is -2.42. The second kappa shape index (κ2) is 14.3. The van der Waals surface area contributed by atoms with Gasteiger partial charge in [0.25, 0.3) is 0 Å². The molecule has 0 aliphatic heterocycles. The van der Waals surface area contributed by atoms with E-state index in [4.69, 9.17) is 0 Å². The maximum absolute atomic E-state index is 2.58. The molecule has 0 bridgehead atoms. The standard InChI is InChI=1S/C63H52N2/c1-61(2)54-39-53(58(40-55(54)62(3,4)63(61,5)6)65-56-25-15-23-51-49-21-13-14-22-50(49)52-24-16-26-57(65)60(52)59(51)56)45-31-37-48(38-32-45)64(46-33-27-43(28-34-46)41-17-9-7-10-18-41)47-35-29-44(30-36-47)42-19-11-8-12-20-42/h7-40H,1-6H3. The third kappa shape index (κ3) is 5.73. The minimum absolute atomic E-state index is 0.0143. The Balaban J connectivity index is 1.06. The molecule has 0 saturated heterocycles. The molecule has 1 aliphatic carbocycles. The fraction of sp³-hybridized carbons (Fsp3) is 0.143. The van der Waals surface area contributed by atoms with Gasteiger partial charge < -0.3 is 9.47 Å². The Kier molecular flexibility index (Phi) is 8.62. The second-order valence-electron chi connectivity index (χ2n) is 19.8. The predicted octanol–water partition coefficient (Wildman–Crippen LogP) is 17.6. The average Bonchev–Trinajstić information content (AvgIpc) is 3.73. The summed E-state index contributed by atoms with van der Waals surface area (Å²) in [5.74, 6) is 0. The van der Waals surface area contributed by atoms with Crippen molar-refractivity contribution in [2.75, 3.05) is 4.90 Å². The first-order chi connectivity index (χ1) is 31.5. The summed E-state index contributed by atoms with van der Waals surface area (Å²) in [6.45, 7) is 14.8. The Morgan fingerprint density at radius 3 is 1.15 bits per heavy atom. The van der Waals surface area contributed by atoms with E-state index >= 15 is 0 Å². The lowest BCUT2D eigenvalue weighted by molar-refractivity contribution is 0.125. The Morgan fingerprint density at radius 2 is 0.708 bits per heavy atom. The first kappa shape index (κ1) is 39.2. The van der Waals surface area contributed by atoms with Gasteiger partial charge in [0.15, 0.2) is 0 Å². The van der Waals surface area contributed by atoms with Crippen molar-refractivity contribution in [1.29, 1.82) is 0 Å². The van der Waals surface area contributed by atoms with Gasteiger partial charge in [-0.1, -0.05) is 187 Å². The molecule has 2 nitrogen and oxygen atoms in total. The van der Waals surface area contributed by atoms with E-state index in [1.165, 1.54) is 93.5 Å². The molecule has 1 aliphatic rings. The van der Waals surface area contributed by atoms with E-state index in [0.717, 1.165) is 17.1 Å². The van der Waals surface area contributed by atoms with Crippen LogP contribution in [-0.4, -0.2) is 4.57 Å². The molecule has 1 aromatic heterocycles. The van der Waals surface area contributed by atoms with Crippen LogP contribution in [0.4, 0.5) is 17.1 Å². The molecule has 0 N–H and O–H groups in total. The molecule has 0 fully saturated rings. The van der Waals surface area contributed by atoms with Gasteiger partial charge in [0.1, 0.15) is 0 Å². The molecule has 0 spiro atoms. The van der Waals surface area contributed by atoms with Gasteiger partial charge in [-0.25, -0.2) is 0 Å². The van der Waals surface area contributed by atoms with Crippen LogP contribution in [0.15, 0.2) is 206 Å². The molecule has 0 amide bonds. The van der Waals surface area contributed by atoms with E-state index in [-0.39, 0.29) is 16.2 Å². The fourth-order valence-electron chi connectivity index (χ4n) is 11.4. The third-order valence-electron chi connectivity index (χ3n) is 16.1. The number of hydrogen-bond donors (Lipinski definition) is 0. The topological polar surface area (TPSA) is 8.17 Å². The number of nitrogens with zero attached hydrogens (tertiary/aromatic N) is 2. The van der Waals surface area contributed by atoms with Crippen molar-refractivity contribution in [1.82, 2.24) is 4.57 Å². The summed E-state index contributed by atoms with van der Waals surface area (Å²) < 4.78 is 2.58. The van der Waals surface area contributed by atoms with Gasteiger partial charge in [-0.15, -0.1) is 0 Å². The highest BCUT2D eigenvalue weighted by atomic mass is 15.1. The number of fused-ring (bicyclic) bond motifs is 4. The molecule has 0 unspecified atom stereocenters. The van der Waals surface area contributed by atoms with Crippen LogP contribution < -0.4 is 4.90 Å². The van der Waals surface area contributed by atoms with E-state index in [1.54, 1.807) is 0 Å². The lowest BCUT2D eigenvalue weighted by Gasteiger charge is -2.44. The zero-order valence-electron chi connectivity index (χ0n) is 38.0. The molecule has 0 radical (unpaired) electrons. The van der Waals surface area contributed by atoms with Gasteiger partial charge in [0.05, 0.1) is 16.7 Å². The van der Waals surface area contributed by atoms with Crippen LogP contribution in [0.5, 0.6) is 0 Å². The van der Waals surface area contributed by atoms with Crippen molar-refractivity contribution in [2.45, 2.75) is 52.4 Å². The lowest BCUT2D eigenvalue weighted by atomic mass is 9.59. The minimum Gasteiger partial charge on any atom is -0.311 e. The van der Waals surface area contributed by atoms with Crippen LogP contribution in [0, 0.1) is 5.41 Å². The van der Waals surface area contributed by atoms with Crippen molar-refractivity contribution in [2.24, 2.45) is 5.41 Å². The van der Waals surface area contributed by atoms with Gasteiger partial charge in [-0.3, -0.25) is 0 Å². The molecular formula is C63H52N2. The zero-order chi connectivity index (χ0) is 44.2. The van der Waals surface area contributed by atoms with E-state index in [0.29, 0.717) is 0 Å². The Morgan fingerprint density at radius 1 is 0.338 bits per heavy atom. The van der Waals surface area contributed by atoms with E-state index in [1.807, 2.05) is 0 Å². The SMILES string of the molecule is CC1(C)c2cc(-c3ccc(N(c4ccc(-c5ccccc5)cc4)c4ccc(-c5ccccc5)cc4)cc3)c(-n3c4cccc5c6ccccc6c6cccc3c6c54)cc2C(C)(C)C1(C)C. The summed E-state index contributed by atoms with van der Waals surface area (Å²) in [6, 6.07) is 76.4. The van der Waals surface area contributed by atoms with E-state index in [9.17, 15) is 0 Å². The van der Waals surface area contributed by atoms with Crippen LogP contribution in [-0.2, 0) is 10.8 Å². The number of rotatable bonds is 7. The van der Waals surface area contributed by atoms with Crippen molar-refractivity contribution < 1.29 is 0 Å². The summed E-state index contributed by atoms with van der Waals surface area (Å²) >= 11 is 0. The van der Waals surface area contributed by atoms with Gasteiger partial charge >= 0.3 is 0 Å². The van der Waals surface area contributed by atoms with E-state index in [2.05, 4.69) is 257 Å². The summed E-state index contributed by atoms with van der Waals surface area (Å²) in [7, 11) is 0. The van der Waals surface area contributed by atoms with Gasteiger partial charge in [-0.05, 0) is 137 Å². The van der Waals surface area contributed by atoms with Gasteiger partial charge in [-0.2, -0.15) is 0 Å². The molecule has 11 aromatic rings. The van der Waals surface area contributed by atoms with Gasteiger partial charge in [0, 0.05) is 33.4 Å². The van der Waals surface area contributed by atoms with Crippen molar-refractivity contribution in [3.63, 3.8) is 0 Å². The Bertz CT molecular complexity index is 3400. The highest BCUT2D eigenvalue weighted by Gasteiger charge is 2.57. The number of aromatic nitrogens is 1. The summed E-state index contributed by atoms with van der Waals surface area (Å²) in [5.41, 5.74) is 17.1. The first-order valence-corrected chi connectivity index (χ1v) is 23.1. The van der Waals surface area contributed by atoms with Crippen LogP contribution in [0.25, 0.3) is 82.4 Å². The first-order valence-electron chi connectivity index (χ1n) is 23.1. The Labute approximate surface area is 382 Å². The van der Waals surface area contributed by atoms with Gasteiger partial charge in [0.2, 0.25) is 0 Å². The average molecular weight is 837 g/mol. The number of anilines is 3. The molecule has 10 aromatic carbocycles. The van der Waals surface area contributed by atoms with Crippen molar-refractivity contribution in [3.05, 3.63) is 217 Å². The quantitative estimate of drug-likeness (QED) is 0.145. The zero-order valence-corrected chi connectivity index (χ0v) is 38.0. The molecule has 314 valence electrons. The van der Waals surface area contributed by atoms with Crippen LogP contribution in [0.2, 0.25) is 0 Å². The molecule has 65 heavy (non-hydrogen) atoms. The summed E-state index contributed by atoms with van der Waals surface area (Å²) in [4.78, 5) is 2.38. The van der Waals surface area contributed by atoms with E-state index < -0.39 is 0 Å². The molecule has 0 atom stereocenters. The van der Waals surface area contributed by atoms with Crippen LogP contribution in [0.1, 0.15) is 52.7 Å². The molecule has 0 saturated carbocycles. The summed E-state index contributed by atoms with van der Waals surface area (Å²) in [5, 5.41) is 7.91.